The Morgan fingerprint density at radius 2 is 2.00 bits per heavy atom. The first kappa shape index (κ1) is 13.4. The van der Waals surface area contributed by atoms with E-state index >= 15 is 0 Å². The molecule has 4 heterocycles. The number of imidazole rings is 1. The van der Waals surface area contributed by atoms with Gasteiger partial charge in [-0.3, -0.25) is 4.57 Å². The molecule has 0 bridgehead atoms. The SMILES string of the molecule is Clc1ncc2n1-c1ccccc1C1=NCN(n3nncc3C3CC3)N12. The number of hydrogen-bond donors (Lipinski definition) is 0. The van der Waals surface area contributed by atoms with Gasteiger partial charge in [0.15, 0.2) is 18.3 Å². The van der Waals surface area contributed by atoms with E-state index in [1.54, 1.807) is 6.20 Å². The molecule has 0 unspecified atom stereocenters. The van der Waals surface area contributed by atoms with Gasteiger partial charge >= 0.3 is 0 Å². The number of amidine groups is 1. The molecule has 0 N–H and O–H groups in total. The van der Waals surface area contributed by atoms with E-state index in [1.807, 2.05) is 49.9 Å². The van der Waals surface area contributed by atoms with Crippen LogP contribution in [-0.2, 0) is 0 Å². The highest BCUT2D eigenvalue weighted by Crippen LogP contribution is 2.41. The Balaban J connectivity index is 1.55. The molecule has 8 nitrogen and oxygen atoms in total. The van der Waals surface area contributed by atoms with Crippen molar-refractivity contribution >= 4 is 23.3 Å². The fourth-order valence-electron chi connectivity index (χ4n) is 3.56. The first-order valence-electron chi connectivity index (χ1n) is 8.19. The van der Waals surface area contributed by atoms with Gasteiger partial charge in [0, 0.05) is 11.5 Å². The second-order valence-electron chi connectivity index (χ2n) is 6.37. The largest absolute Gasteiger partial charge is 0.267 e. The van der Waals surface area contributed by atoms with Crippen molar-refractivity contribution in [2.24, 2.45) is 4.99 Å². The molecule has 6 rings (SSSR count). The third-order valence-electron chi connectivity index (χ3n) is 4.85. The summed E-state index contributed by atoms with van der Waals surface area (Å²) in [6, 6.07) is 8.07. The van der Waals surface area contributed by atoms with E-state index in [0.29, 0.717) is 17.9 Å². The Morgan fingerprint density at radius 3 is 2.88 bits per heavy atom. The minimum absolute atomic E-state index is 0.425. The van der Waals surface area contributed by atoms with Gasteiger partial charge in [0.05, 0.1) is 23.8 Å². The summed E-state index contributed by atoms with van der Waals surface area (Å²) in [5.41, 5.74) is 3.12. The number of hydrogen-bond acceptors (Lipinski definition) is 6. The molecule has 3 aliphatic rings. The van der Waals surface area contributed by atoms with Crippen LogP contribution in [0.4, 0.5) is 5.82 Å². The average Bonchev–Trinajstić information content (AvgIpc) is 3.05. The quantitative estimate of drug-likeness (QED) is 0.706. The first-order chi connectivity index (χ1) is 12.3. The lowest BCUT2D eigenvalue weighted by Crippen LogP contribution is -2.52. The summed E-state index contributed by atoms with van der Waals surface area (Å²) in [6.45, 7) is 0.468. The predicted octanol–water partition coefficient (Wildman–Crippen LogP) is 2.09. The molecule has 1 aromatic carbocycles. The number of benzene rings is 1. The van der Waals surface area contributed by atoms with Crippen LogP contribution in [0.15, 0.2) is 41.7 Å². The Kier molecular flexibility index (Phi) is 2.47. The van der Waals surface area contributed by atoms with Gasteiger partial charge in [0.1, 0.15) is 0 Å². The molecule has 25 heavy (non-hydrogen) atoms. The number of rotatable bonds is 2. The molecule has 0 radical (unpaired) electrons. The van der Waals surface area contributed by atoms with Gasteiger partial charge in [0.25, 0.3) is 0 Å². The highest BCUT2D eigenvalue weighted by atomic mass is 35.5. The second kappa shape index (κ2) is 4.60. The van der Waals surface area contributed by atoms with Crippen molar-refractivity contribution in [2.45, 2.75) is 18.8 Å². The smallest absolute Gasteiger partial charge is 0.209 e. The van der Waals surface area contributed by atoms with Gasteiger partial charge in [-0.05, 0) is 41.8 Å². The lowest BCUT2D eigenvalue weighted by Gasteiger charge is -2.35. The van der Waals surface area contributed by atoms with E-state index in [1.165, 1.54) is 12.8 Å². The van der Waals surface area contributed by atoms with Crippen molar-refractivity contribution in [3.8, 4) is 5.69 Å². The third-order valence-corrected chi connectivity index (χ3v) is 5.12. The molecule has 3 aromatic rings. The highest BCUT2D eigenvalue weighted by molar-refractivity contribution is 6.29. The molecule has 2 aliphatic heterocycles. The van der Waals surface area contributed by atoms with E-state index in [2.05, 4.69) is 15.3 Å². The monoisotopic (exact) mass is 352 g/mol. The van der Waals surface area contributed by atoms with Crippen molar-refractivity contribution in [1.29, 1.82) is 0 Å². The van der Waals surface area contributed by atoms with Gasteiger partial charge in [-0.15, -0.1) is 9.89 Å². The van der Waals surface area contributed by atoms with E-state index in [4.69, 9.17) is 16.6 Å². The van der Waals surface area contributed by atoms with Crippen molar-refractivity contribution in [1.82, 2.24) is 24.7 Å². The van der Waals surface area contributed by atoms with Crippen LogP contribution in [0.2, 0.25) is 5.28 Å². The average molecular weight is 353 g/mol. The summed E-state index contributed by atoms with van der Waals surface area (Å²) >= 11 is 6.37. The zero-order valence-electron chi connectivity index (χ0n) is 13.1. The number of hydrazine groups is 1. The maximum absolute atomic E-state index is 6.37. The number of fused-ring (bicyclic) bond motifs is 6. The predicted molar refractivity (Wildman–Crippen MR) is 92.7 cm³/mol. The Bertz CT molecular complexity index is 1030. The number of anilines is 1. The number of aliphatic imine (C=N–C) groups is 1. The van der Waals surface area contributed by atoms with Crippen LogP contribution in [0.1, 0.15) is 30.0 Å². The first-order valence-corrected chi connectivity index (χ1v) is 8.56. The number of nitrogens with zero attached hydrogens (tertiary/aromatic N) is 8. The molecule has 1 aliphatic carbocycles. The minimum atomic E-state index is 0.425. The summed E-state index contributed by atoms with van der Waals surface area (Å²) in [7, 11) is 0. The molecule has 1 saturated carbocycles. The van der Waals surface area contributed by atoms with E-state index < -0.39 is 0 Å². The maximum Gasteiger partial charge on any atom is 0.209 e. The van der Waals surface area contributed by atoms with Gasteiger partial charge in [-0.2, -0.15) is 10.1 Å². The van der Waals surface area contributed by atoms with E-state index in [-0.39, 0.29) is 0 Å². The van der Waals surface area contributed by atoms with Crippen molar-refractivity contribution in [3.63, 3.8) is 0 Å². The van der Waals surface area contributed by atoms with Crippen LogP contribution in [0.3, 0.4) is 0 Å². The third kappa shape index (κ3) is 1.72. The summed E-state index contributed by atoms with van der Waals surface area (Å²) in [5.74, 6) is 2.25. The van der Waals surface area contributed by atoms with Gasteiger partial charge in [0.2, 0.25) is 5.28 Å². The van der Waals surface area contributed by atoms with Crippen molar-refractivity contribution in [2.75, 3.05) is 16.8 Å². The van der Waals surface area contributed by atoms with Crippen LogP contribution in [0.25, 0.3) is 5.69 Å². The maximum atomic E-state index is 6.37. The van der Waals surface area contributed by atoms with Crippen LogP contribution < -0.4 is 10.1 Å². The molecule has 0 atom stereocenters. The minimum Gasteiger partial charge on any atom is -0.267 e. The molecule has 124 valence electrons. The lowest BCUT2D eigenvalue weighted by atomic mass is 10.1. The molecule has 0 saturated heterocycles. The summed E-state index contributed by atoms with van der Waals surface area (Å²) in [6.07, 6.45) is 5.97. The molecule has 9 heteroatoms. The summed E-state index contributed by atoms with van der Waals surface area (Å²) < 4.78 is 1.93. The van der Waals surface area contributed by atoms with Gasteiger partial charge < -0.3 is 0 Å². The molecule has 0 spiro atoms. The van der Waals surface area contributed by atoms with Gasteiger partial charge in [-0.1, -0.05) is 12.1 Å². The number of halogens is 1. The summed E-state index contributed by atoms with van der Waals surface area (Å²) in [4.78, 5) is 10.9. The summed E-state index contributed by atoms with van der Waals surface area (Å²) in [5, 5.41) is 12.8. The standard InChI is InChI=1S/C16H13ClN8/c17-16-18-8-14-23(16)12-4-2-1-3-11(12)15-19-9-22(24(14)15)25-13(7-20-21-25)10-5-6-10/h1-4,7-8,10H,5-6,9H2. The zero-order valence-corrected chi connectivity index (χ0v) is 13.9. The molecule has 0 amide bonds. The van der Waals surface area contributed by atoms with Crippen LogP contribution >= 0.6 is 11.6 Å². The normalized spacial score (nSPS) is 18.0. The molecule has 1 fully saturated rings. The second-order valence-corrected chi connectivity index (χ2v) is 6.71. The number of para-hydroxylation sites is 1. The van der Waals surface area contributed by atoms with E-state index in [0.717, 1.165) is 28.6 Å². The topological polar surface area (TPSA) is 67.4 Å². The zero-order chi connectivity index (χ0) is 16.5. The van der Waals surface area contributed by atoms with Crippen LogP contribution in [-0.4, -0.2) is 37.2 Å². The Hall–Kier alpha value is -2.87. The van der Waals surface area contributed by atoms with E-state index in [9.17, 15) is 0 Å². The van der Waals surface area contributed by atoms with Crippen LogP contribution in [0.5, 0.6) is 0 Å². The van der Waals surface area contributed by atoms with Crippen molar-refractivity contribution < 1.29 is 0 Å². The Morgan fingerprint density at radius 1 is 1.12 bits per heavy atom. The van der Waals surface area contributed by atoms with Gasteiger partial charge in [-0.25, -0.2) is 9.98 Å². The fourth-order valence-corrected chi connectivity index (χ4v) is 3.78. The Labute approximate surface area is 147 Å². The number of aromatic nitrogens is 5. The highest BCUT2D eigenvalue weighted by Gasteiger charge is 2.40. The molecular formula is C16H13ClN8. The fraction of sp³-hybridized carbons (Fsp3) is 0.250. The molecular weight excluding hydrogens is 340 g/mol. The lowest BCUT2D eigenvalue weighted by molar-refractivity contribution is 0.524. The van der Waals surface area contributed by atoms with Crippen LogP contribution in [0, 0.1) is 0 Å². The van der Waals surface area contributed by atoms with Crippen molar-refractivity contribution in [3.05, 3.63) is 53.2 Å². The molecule has 2 aromatic heterocycles.